The van der Waals surface area contributed by atoms with Crippen LogP contribution in [0.5, 0.6) is 0 Å². The van der Waals surface area contributed by atoms with Crippen molar-refractivity contribution in [2.24, 2.45) is 0 Å². The second-order valence-corrected chi connectivity index (χ2v) is 2.26. The average Bonchev–Trinajstić information content (AvgIpc) is 2.05. The largest absolute Gasteiger partial charge is 0.342 e. The maximum Gasteiger partial charge on any atom is 0.234 e. The molecule has 0 bridgehead atoms. The molecule has 0 saturated carbocycles. The topological polar surface area (TPSA) is 41.1 Å². The van der Waals surface area contributed by atoms with E-state index in [4.69, 9.17) is 12.8 Å². The highest BCUT2D eigenvalue weighted by Crippen LogP contribution is 1.75. The standard InChI is InChI=1S/C9H12N2O/c1-4-6-10-7-9(12)11-8(3)5-2/h1-2,8,10H,6-7H2,3H3,(H,11,12). The van der Waals surface area contributed by atoms with Crippen LogP contribution in [0.25, 0.3) is 0 Å². The Morgan fingerprint density at radius 3 is 2.75 bits per heavy atom. The first kappa shape index (κ1) is 10.6. The van der Waals surface area contributed by atoms with Crippen molar-refractivity contribution in [1.82, 2.24) is 10.6 Å². The quantitative estimate of drug-likeness (QED) is 0.428. The molecule has 1 unspecified atom stereocenters. The van der Waals surface area contributed by atoms with Gasteiger partial charge in [-0.15, -0.1) is 12.8 Å². The zero-order chi connectivity index (χ0) is 9.40. The minimum atomic E-state index is -0.231. The Labute approximate surface area is 72.9 Å². The fourth-order valence-electron chi connectivity index (χ4n) is 0.582. The molecule has 0 aromatic heterocycles. The molecule has 0 saturated heterocycles. The summed E-state index contributed by atoms with van der Waals surface area (Å²) in [6.07, 6.45) is 10.0. The molecular weight excluding hydrogens is 152 g/mol. The average molecular weight is 164 g/mol. The molecule has 0 aliphatic carbocycles. The molecule has 0 aliphatic rings. The van der Waals surface area contributed by atoms with Gasteiger partial charge in [0.2, 0.25) is 5.91 Å². The number of carbonyl (C=O) groups excluding carboxylic acids is 1. The summed E-state index contributed by atoms with van der Waals surface area (Å²) in [6.45, 7) is 2.33. The van der Waals surface area contributed by atoms with Gasteiger partial charge in [-0.3, -0.25) is 10.1 Å². The van der Waals surface area contributed by atoms with Crippen molar-refractivity contribution in [2.45, 2.75) is 13.0 Å². The summed E-state index contributed by atoms with van der Waals surface area (Å²) in [5.74, 6) is 4.60. The molecule has 0 aromatic rings. The highest BCUT2D eigenvalue weighted by molar-refractivity contribution is 5.78. The molecule has 64 valence electrons. The van der Waals surface area contributed by atoms with Crippen LogP contribution in [0, 0.1) is 24.7 Å². The summed E-state index contributed by atoms with van der Waals surface area (Å²) in [4.78, 5) is 10.9. The molecule has 0 radical (unpaired) electrons. The van der Waals surface area contributed by atoms with Crippen LogP contribution in [-0.4, -0.2) is 25.0 Å². The molecule has 12 heavy (non-hydrogen) atoms. The van der Waals surface area contributed by atoms with Crippen LogP contribution < -0.4 is 10.6 Å². The van der Waals surface area contributed by atoms with E-state index in [9.17, 15) is 4.79 Å². The van der Waals surface area contributed by atoms with Gasteiger partial charge >= 0.3 is 0 Å². The molecule has 0 rings (SSSR count). The lowest BCUT2D eigenvalue weighted by Gasteiger charge is -2.06. The molecule has 2 N–H and O–H groups in total. The molecule has 3 heteroatoms. The van der Waals surface area contributed by atoms with E-state index < -0.39 is 0 Å². The van der Waals surface area contributed by atoms with Gasteiger partial charge in [0, 0.05) is 0 Å². The Bertz CT molecular complexity index is 222. The zero-order valence-corrected chi connectivity index (χ0v) is 7.05. The van der Waals surface area contributed by atoms with Crippen molar-refractivity contribution < 1.29 is 4.79 Å². The van der Waals surface area contributed by atoms with Gasteiger partial charge in [-0.2, -0.15) is 0 Å². The highest BCUT2D eigenvalue weighted by atomic mass is 16.1. The molecule has 1 amide bonds. The van der Waals surface area contributed by atoms with Gasteiger partial charge < -0.3 is 5.32 Å². The number of terminal acetylenes is 2. The van der Waals surface area contributed by atoms with Crippen molar-refractivity contribution in [1.29, 1.82) is 0 Å². The van der Waals surface area contributed by atoms with E-state index in [0.717, 1.165) is 0 Å². The summed E-state index contributed by atoms with van der Waals surface area (Å²) in [7, 11) is 0. The van der Waals surface area contributed by atoms with Crippen LogP contribution in [0.1, 0.15) is 6.92 Å². The van der Waals surface area contributed by atoms with Crippen molar-refractivity contribution in [2.75, 3.05) is 13.1 Å². The van der Waals surface area contributed by atoms with Crippen molar-refractivity contribution in [3.05, 3.63) is 0 Å². The number of amides is 1. The lowest BCUT2D eigenvalue weighted by atomic mass is 10.3. The summed E-state index contributed by atoms with van der Waals surface area (Å²) in [5, 5.41) is 5.33. The lowest BCUT2D eigenvalue weighted by molar-refractivity contribution is -0.120. The Balaban J connectivity index is 3.49. The van der Waals surface area contributed by atoms with Gasteiger partial charge in [-0.1, -0.05) is 11.8 Å². The molecule has 0 spiro atoms. The zero-order valence-electron chi connectivity index (χ0n) is 7.05. The third kappa shape index (κ3) is 5.34. The van der Waals surface area contributed by atoms with E-state index in [0.29, 0.717) is 6.54 Å². The maximum atomic E-state index is 10.9. The number of hydrogen-bond acceptors (Lipinski definition) is 2. The van der Waals surface area contributed by atoms with Crippen LogP contribution >= 0.6 is 0 Å². The van der Waals surface area contributed by atoms with Gasteiger partial charge in [0.25, 0.3) is 0 Å². The number of rotatable bonds is 4. The third-order valence-corrected chi connectivity index (χ3v) is 1.14. The van der Waals surface area contributed by atoms with Gasteiger partial charge in [0.15, 0.2) is 0 Å². The SMILES string of the molecule is C#CCNCC(=O)NC(C)C#C. The van der Waals surface area contributed by atoms with Crippen LogP contribution in [0.3, 0.4) is 0 Å². The molecule has 0 heterocycles. The third-order valence-electron chi connectivity index (χ3n) is 1.14. The molecule has 3 nitrogen and oxygen atoms in total. The van der Waals surface area contributed by atoms with Gasteiger partial charge in [0.1, 0.15) is 0 Å². The Kier molecular flexibility index (Phi) is 5.51. The Hall–Kier alpha value is -1.45. The smallest absolute Gasteiger partial charge is 0.234 e. The van der Waals surface area contributed by atoms with Crippen LogP contribution in [0.2, 0.25) is 0 Å². The van der Waals surface area contributed by atoms with Crippen LogP contribution in [-0.2, 0) is 4.79 Å². The van der Waals surface area contributed by atoms with E-state index in [-0.39, 0.29) is 18.5 Å². The van der Waals surface area contributed by atoms with Crippen molar-refractivity contribution >= 4 is 5.91 Å². The van der Waals surface area contributed by atoms with Crippen LogP contribution in [0.15, 0.2) is 0 Å². The predicted octanol–water partition coefficient (Wildman–Crippen LogP) is -0.653. The summed E-state index contributed by atoms with van der Waals surface area (Å²) in [6, 6.07) is -0.231. The molecule has 0 aromatic carbocycles. The van der Waals surface area contributed by atoms with E-state index in [1.807, 2.05) is 0 Å². The van der Waals surface area contributed by atoms with Crippen LogP contribution in [0.4, 0.5) is 0 Å². The Morgan fingerprint density at radius 2 is 2.25 bits per heavy atom. The Morgan fingerprint density at radius 1 is 1.58 bits per heavy atom. The monoisotopic (exact) mass is 164 g/mol. The fraction of sp³-hybridized carbons (Fsp3) is 0.444. The van der Waals surface area contributed by atoms with Gasteiger partial charge in [-0.25, -0.2) is 0 Å². The fourth-order valence-corrected chi connectivity index (χ4v) is 0.582. The summed E-state index contributed by atoms with van der Waals surface area (Å²) in [5.41, 5.74) is 0. The second-order valence-electron chi connectivity index (χ2n) is 2.26. The number of hydrogen-bond donors (Lipinski definition) is 2. The number of nitrogens with one attached hydrogen (secondary N) is 2. The first-order valence-electron chi connectivity index (χ1n) is 3.60. The van der Waals surface area contributed by atoms with Crippen molar-refractivity contribution in [3.63, 3.8) is 0 Å². The van der Waals surface area contributed by atoms with E-state index in [2.05, 4.69) is 22.5 Å². The molecule has 0 aliphatic heterocycles. The summed E-state index contributed by atoms with van der Waals surface area (Å²) >= 11 is 0. The lowest BCUT2D eigenvalue weighted by Crippen LogP contribution is -2.38. The van der Waals surface area contributed by atoms with Crippen molar-refractivity contribution in [3.8, 4) is 24.7 Å². The second kappa shape index (κ2) is 6.27. The minimum Gasteiger partial charge on any atom is -0.342 e. The van der Waals surface area contributed by atoms with E-state index in [1.54, 1.807) is 6.92 Å². The first-order valence-corrected chi connectivity index (χ1v) is 3.60. The maximum absolute atomic E-state index is 10.9. The van der Waals surface area contributed by atoms with Gasteiger partial charge in [-0.05, 0) is 6.92 Å². The summed E-state index contributed by atoms with van der Waals surface area (Å²) < 4.78 is 0. The normalized spacial score (nSPS) is 10.9. The molecular formula is C9H12N2O. The minimum absolute atomic E-state index is 0.143. The van der Waals surface area contributed by atoms with E-state index >= 15 is 0 Å². The highest BCUT2D eigenvalue weighted by Gasteiger charge is 2.01. The number of carbonyl (C=O) groups is 1. The van der Waals surface area contributed by atoms with E-state index in [1.165, 1.54) is 0 Å². The first-order chi connectivity index (χ1) is 5.70. The van der Waals surface area contributed by atoms with Gasteiger partial charge in [0.05, 0.1) is 19.1 Å². The molecule has 1 atom stereocenters. The predicted molar refractivity (Wildman–Crippen MR) is 48.1 cm³/mol. The molecule has 0 fully saturated rings.